The molecule has 0 spiro atoms. The number of nitrogens with two attached hydrogens (primary N) is 1. The Kier molecular flexibility index (Phi) is 3.54. The van der Waals surface area contributed by atoms with Gasteiger partial charge in [0.05, 0.1) is 19.3 Å². The van der Waals surface area contributed by atoms with Gasteiger partial charge in [-0.25, -0.2) is 0 Å². The number of methoxy groups -OCH3 is 1. The first kappa shape index (κ1) is 12.2. The normalized spacial score (nSPS) is 19.5. The quantitative estimate of drug-likeness (QED) is 0.743. The molecular weight excluding hydrogens is 218 g/mol. The van der Waals surface area contributed by atoms with Gasteiger partial charge in [-0.15, -0.1) is 0 Å². The highest BCUT2D eigenvalue weighted by molar-refractivity contribution is 5.41. The molecule has 2 atom stereocenters. The molecule has 17 heavy (non-hydrogen) atoms. The van der Waals surface area contributed by atoms with Crippen LogP contribution < -0.4 is 10.5 Å². The minimum atomic E-state index is -0.596. The Labute approximate surface area is 101 Å². The van der Waals surface area contributed by atoms with Gasteiger partial charge in [0.25, 0.3) is 0 Å². The molecular formula is C13H19NO3. The Morgan fingerprint density at radius 1 is 1.41 bits per heavy atom. The van der Waals surface area contributed by atoms with Gasteiger partial charge in [0, 0.05) is 5.56 Å². The second-order valence-electron chi connectivity index (χ2n) is 4.63. The fourth-order valence-corrected chi connectivity index (χ4v) is 2.19. The van der Waals surface area contributed by atoms with Gasteiger partial charge >= 0.3 is 0 Å². The summed E-state index contributed by atoms with van der Waals surface area (Å²) in [5.74, 6) is 1.00. The van der Waals surface area contributed by atoms with E-state index in [4.69, 9.17) is 10.5 Å². The molecule has 1 aliphatic carbocycles. The molecule has 0 amide bonds. The zero-order chi connectivity index (χ0) is 12.4. The molecule has 0 aliphatic heterocycles. The highest BCUT2D eigenvalue weighted by Crippen LogP contribution is 2.37. The van der Waals surface area contributed by atoms with E-state index in [1.165, 1.54) is 0 Å². The van der Waals surface area contributed by atoms with Crippen LogP contribution in [0.25, 0.3) is 0 Å². The molecule has 4 nitrogen and oxygen atoms in total. The van der Waals surface area contributed by atoms with Crippen molar-refractivity contribution in [1.29, 1.82) is 0 Å². The number of rotatable bonds is 4. The van der Waals surface area contributed by atoms with E-state index in [1.807, 2.05) is 0 Å². The summed E-state index contributed by atoms with van der Waals surface area (Å²) < 4.78 is 5.09. The third-order valence-electron chi connectivity index (χ3n) is 3.59. The van der Waals surface area contributed by atoms with Gasteiger partial charge < -0.3 is 20.7 Å². The summed E-state index contributed by atoms with van der Waals surface area (Å²) in [5.41, 5.74) is 6.55. The lowest BCUT2D eigenvalue weighted by atomic mass is 9.77. The first-order valence-corrected chi connectivity index (χ1v) is 5.94. The molecule has 2 rings (SSSR count). The van der Waals surface area contributed by atoms with Crippen LogP contribution in [-0.4, -0.2) is 23.4 Å². The maximum absolute atomic E-state index is 10.1. The molecule has 0 aromatic heterocycles. The largest absolute Gasteiger partial charge is 0.508 e. The van der Waals surface area contributed by atoms with E-state index in [2.05, 4.69) is 0 Å². The van der Waals surface area contributed by atoms with Gasteiger partial charge in [0.1, 0.15) is 11.5 Å². The Morgan fingerprint density at radius 2 is 2.12 bits per heavy atom. The van der Waals surface area contributed by atoms with Crippen molar-refractivity contribution in [1.82, 2.24) is 0 Å². The molecule has 4 N–H and O–H groups in total. The van der Waals surface area contributed by atoms with E-state index in [-0.39, 0.29) is 11.7 Å². The topological polar surface area (TPSA) is 75.7 Å². The predicted molar refractivity (Wildman–Crippen MR) is 64.9 cm³/mol. The molecule has 1 saturated carbocycles. The van der Waals surface area contributed by atoms with Crippen molar-refractivity contribution in [3.05, 3.63) is 23.8 Å². The van der Waals surface area contributed by atoms with E-state index in [1.54, 1.807) is 25.3 Å². The molecule has 94 valence electrons. The summed E-state index contributed by atoms with van der Waals surface area (Å²) in [4.78, 5) is 0. The van der Waals surface area contributed by atoms with Crippen LogP contribution in [0.5, 0.6) is 11.5 Å². The summed E-state index contributed by atoms with van der Waals surface area (Å²) in [7, 11) is 1.56. The van der Waals surface area contributed by atoms with Crippen molar-refractivity contribution < 1.29 is 14.9 Å². The van der Waals surface area contributed by atoms with Gasteiger partial charge in [-0.05, 0) is 37.0 Å². The number of aliphatic hydroxyl groups excluding tert-OH is 1. The highest BCUT2D eigenvalue weighted by Gasteiger charge is 2.31. The van der Waals surface area contributed by atoms with Gasteiger partial charge in [-0.1, -0.05) is 6.42 Å². The van der Waals surface area contributed by atoms with Gasteiger partial charge in [-0.2, -0.15) is 0 Å². The van der Waals surface area contributed by atoms with Crippen LogP contribution in [0, 0.1) is 5.92 Å². The smallest absolute Gasteiger partial charge is 0.120 e. The number of phenolic OH excluding ortho intramolecular Hbond substituents is 1. The lowest BCUT2D eigenvalue weighted by Gasteiger charge is -2.34. The average molecular weight is 237 g/mol. The average Bonchev–Trinajstić information content (AvgIpc) is 2.26. The maximum Gasteiger partial charge on any atom is 0.120 e. The summed E-state index contributed by atoms with van der Waals surface area (Å²) in [6.07, 6.45) is 2.58. The molecule has 1 aromatic carbocycles. The van der Waals surface area contributed by atoms with Crippen LogP contribution in [0.3, 0.4) is 0 Å². The molecule has 0 unspecified atom stereocenters. The van der Waals surface area contributed by atoms with Crippen molar-refractivity contribution >= 4 is 0 Å². The molecule has 1 aliphatic rings. The van der Waals surface area contributed by atoms with Crippen molar-refractivity contribution in [2.45, 2.75) is 31.4 Å². The Balaban J connectivity index is 2.19. The monoisotopic (exact) mass is 237 g/mol. The maximum atomic E-state index is 10.1. The number of aliphatic hydroxyl groups is 1. The van der Waals surface area contributed by atoms with Crippen molar-refractivity contribution in [2.75, 3.05) is 7.11 Å². The third-order valence-corrected chi connectivity index (χ3v) is 3.59. The van der Waals surface area contributed by atoms with E-state index < -0.39 is 12.1 Å². The van der Waals surface area contributed by atoms with E-state index >= 15 is 0 Å². The first-order valence-electron chi connectivity index (χ1n) is 5.94. The predicted octanol–water partition coefficient (Wildman–Crippen LogP) is 1.56. The lowest BCUT2D eigenvalue weighted by Crippen LogP contribution is -2.36. The fraction of sp³-hybridized carbons (Fsp3) is 0.538. The third kappa shape index (κ3) is 2.37. The number of phenols is 1. The Bertz CT molecular complexity index is 390. The van der Waals surface area contributed by atoms with Crippen LogP contribution in [-0.2, 0) is 0 Å². The number of aromatic hydroxyl groups is 1. The zero-order valence-electron chi connectivity index (χ0n) is 9.97. The number of hydrogen-bond donors (Lipinski definition) is 3. The van der Waals surface area contributed by atoms with E-state index in [0.29, 0.717) is 11.3 Å². The molecule has 0 saturated heterocycles. The minimum Gasteiger partial charge on any atom is -0.508 e. The Hall–Kier alpha value is -1.26. The van der Waals surface area contributed by atoms with Crippen LogP contribution >= 0.6 is 0 Å². The van der Waals surface area contributed by atoms with Crippen LogP contribution in [0.1, 0.15) is 30.9 Å². The van der Waals surface area contributed by atoms with Crippen molar-refractivity contribution in [3.63, 3.8) is 0 Å². The molecule has 1 aromatic rings. The van der Waals surface area contributed by atoms with E-state index in [9.17, 15) is 10.2 Å². The van der Waals surface area contributed by atoms with Crippen LogP contribution in [0.15, 0.2) is 18.2 Å². The number of benzene rings is 1. The molecule has 1 fully saturated rings. The van der Waals surface area contributed by atoms with Crippen LogP contribution in [0.4, 0.5) is 0 Å². The molecule has 0 heterocycles. The number of hydrogen-bond acceptors (Lipinski definition) is 4. The first-order chi connectivity index (χ1) is 8.13. The molecule has 0 bridgehead atoms. The standard InChI is InChI=1S/C13H19NO3/c1-17-9-5-6-11(15)10(7-9)12(14)13(16)8-3-2-4-8/h5-8,12-13,15-16H,2-4,14H2,1H3/t12-,13+/m1/s1. The van der Waals surface area contributed by atoms with Gasteiger partial charge in [0.2, 0.25) is 0 Å². The lowest BCUT2D eigenvalue weighted by molar-refractivity contribution is 0.0407. The van der Waals surface area contributed by atoms with Gasteiger partial charge in [-0.3, -0.25) is 0 Å². The molecule has 0 radical (unpaired) electrons. The van der Waals surface area contributed by atoms with Crippen molar-refractivity contribution in [3.8, 4) is 11.5 Å². The van der Waals surface area contributed by atoms with E-state index in [0.717, 1.165) is 19.3 Å². The second-order valence-corrected chi connectivity index (χ2v) is 4.63. The second kappa shape index (κ2) is 4.94. The summed E-state index contributed by atoms with van der Waals surface area (Å²) in [6.45, 7) is 0. The molecule has 4 heteroatoms. The summed E-state index contributed by atoms with van der Waals surface area (Å²) in [6, 6.07) is 4.33. The zero-order valence-corrected chi connectivity index (χ0v) is 9.97. The SMILES string of the molecule is COc1ccc(O)c([C@@H](N)[C@@H](O)C2CCC2)c1. The Morgan fingerprint density at radius 3 is 2.65 bits per heavy atom. The van der Waals surface area contributed by atoms with Gasteiger partial charge in [0.15, 0.2) is 0 Å². The highest BCUT2D eigenvalue weighted by atomic mass is 16.5. The fourth-order valence-electron chi connectivity index (χ4n) is 2.19. The summed E-state index contributed by atoms with van der Waals surface area (Å²) >= 11 is 0. The summed E-state index contributed by atoms with van der Waals surface area (Å²) in [5, 5.41) is 19.9. The van der Waals surface area contributed by atoms with Crippen molar-refractivity contribution in [2.24, 2.45) is 11.7 Å². The van der Waals surface area contributed by atoms with Crippen LogP contribution in [0.2, 0.25) is 0 Å². The minimum absolute atomic E-state index is 0.108. The number of ether oxygens (including phenoxy) is 1.